The molecule has 1 aromatic rings. The molecule has 2 heteroatoms. The molecule has 0 N–H and O–H groups in total. The van der Waals surface area contributed by atoms with E-state index in [1.807, 2.05) is 13.0 Å². The molecule has 0 fully saturated rings. The average Bonchev–Trinajstić information content (AvgIpc) is 2.02. The second-order valence-electron chi connectivity index (χ2n) is 2.97. The highest BCUT2D eigenvalue weighted by molar-refractivity contribution is 5.91. The van der Waals surface area contributed by atoms with Gasteiger partial charge in [-0.15, -0.1) is 0 Å². The van der Waals surface area contributed by atoms with Crippen LogP contribution in [0.5, 0.6) is 0 Å². The second-order valence-corrected chi connectivity index (χ2v) is 2.97. The number of allylic oxidation sites excluding steroid dienone is 1. The Morgan fingerprint density at radius 3 is 2.69 bits per heavy atom. The van der Waals surface area contributed by atoms with Crippen LogP contribution in [-0.2, 0) is 4.79 Å². The van der Waals surface area contributed by atoms with E-state index in [-0.39, 0.29) is 11.6 Å². The maximum Gasteiger partial charge on any atom is 0.152 e. The van der Waals surface area contributed by atoms with Crippen LogP contribution >= 0.6 is 0 Å². The molecule has 0 aliphatic carbocycles. The molecule has 13 heavy (non-hydrogen) atoms. The van der Waals surface area contributed by atoms with Crippen LogP contribution in [0.4, 0.5) is 4.39 Å². The Kier molecular flexibility index (Phi) is 2.96. The minimum absolute atomic E-state index is 0.0834. The number of ketones is 1. The van der Waals surface area contributed by atoms with Gasteiger partial charge in [0, 0.05) is 5.56 Å². The first-order chi connectivity index (χ1) is 6.09. The summed E-state index contributed by atoms with van der Waals surface area (Å²) in [6.45, 7) is 3.25. The van der Waals surface area contributed by atoms with Gasteiger partial charge in [-0.1, -0.05) is 12.1 Å². The number of rotatable bonds is 2. The third-order valence-corrected chi connectivity index (χ3v) is 1.65. The van der Waals surface area contributed by atoms with Gasteiger partial charge in [0.05, 0.1) is 0 Å². The molecule has 0 unspecified atom stereocenters. The lowest BCUT2D eigenvalue weighted by molar-refractivity contribution is -0.112. The van der Waals surface area contributed by atoms with Crippen LogP contribution in [0.3, 0.4) is 0 Å². The molecule has 0 spiro atoms. The topological polar surface area (TPSA) is 17.1 Å². The predicted octanol–water partition coefficient (Wildman–Crippen LogP) is 2.74. The zero-order valence-electron chi connectivity index (χ0n) is 7.67. The van der Waals surface area contributed by atoms with Gasteiger partial charge in [0.2, 0.25) is 0 Å². The van der Waals surface area contributed by atoms with Crippen LogP contribution in [0, 0.1) is 12.7 Å². The SMILES string of the molecule is CC(=O)/C=C/c1ccc(C)cc1F. The number of carbonyl (C=O) groups excluding carboxylic acids is 1. The summed E-state index contributed by atoms with van der Waals surface area (Å²) in [6.07, 6.45) is 2.84. The minimum Gasteiger partial charge on any atom is -0.295 e. The zero-order chi connectivity index (χ0) is 9.84. The second kappa shape index (κ2) is 3.99. The zero-order valence-corrected chi connectivity index (χ0v) is 7.67. The maximum atomic E-state index is 13.1. The van der Waals surface area contributed by atoms with Crippen molar-refractivity contribution in [2.75, 3.05) is 0 Å². The van der Waals surface area contributed by atoms with Crippen LogP contribution in [0.25, 0.3) is 6.08 Å². The van der Waals surface area contributed by atoms with Gasteiger partial charge in [-0.3, -0.25) is 4.79 Å². The van der Waals surface area contributed by atoms with Crippen molar-refractivity contribution in [2.24, 2.45) is 0 Å². The number of hydrogen-bond acceptors (Lipinski definition) is 1. The molecule has 1 nitrogen and oxygen atoms in total. The Labute approximate surface area is 76.9 Å². The minimum atomic E-state index is -0.294. The van der Waals surface area contributed by atoms with Crippen LogP contribution < -0.4 is 0 Å². The first-order valence-electron chi connectivity index (χ1n) is 4.04. The Morgan fingerprint density at radius 1 is 1.46 bits per heavy atom. The lowest BCUT2D eigenvalue weighted by atomic mass is 10.1. The van der Waals surface area contributed by atoms with Crippen molar-refractivity contribution in [3.8, 4) is 0 Å². The van der Waals surface area contributed by atoms with E-state index in [0.29, 0.717) is 5.56 Å². The molecular formula is C11H11FO. The highest BCUT2D eigenvalue weighted by Gasteiger charge is 1.97. The molecule has 0 saturated heterocycles. The van der Waals surface area contributed by atoms with Gasteiger partial charge in [-0.05, 0) is 37.6 Å². The summed E-state index contributed by atoms with van der Waals surface area (Å²) < 4.78 is 13.1. The maximum absolute atomic E-state index is 13.1. The standard InChI is InChI=1S/C11H11FO/c1-8-3-5-10(11(12)7-8)6-4-9(2)13/h3-7H,1-2H3/b6-4+. The highest BCUT2D eigenvalue weighted by atomic mass is 19.1. The van der Waals surface area contributed by atoms with Crippen molar-refractivity contribution in [3.63, 3.8) is 0 Å². The average molecular weight is 178 g/mol. The fourth-order valence-electron chi connectivity index (χ4n) is 0.974. The van der Waals surface area contributed by atoms with Crippen LogP contribution in [0.15, 0.2) is 24.3 Å². The Morgan fingerprint density at radius 2 is 2.15 bits per heavy atom. The van der Waals surface area contributed by atoms with Crippen LogP contribution in [0.2, 0.25) is 0 Å². The van der Waals surface area contributed by atoms with E-state index in [0.717, 1.165) is 5.56 Å². The molecule has 68 valence electrons. The highest BCUT2D eigenvalue weighted by Crippen LogP contribution is 2.11. The van der Waals surface area contributed by atoms with E-state index in [1.165, 1.54) is 25.1 Å². The van der Waals surface area contributed by atoms with Gasteiger partial charge in [0.25, 0.3) is 0 Å². The normalized spacial score (nSPS) is 10.7. The smallest absolute Gasteiger partial charge is 0.152 e. The van der Waals surface area contributed by atoms with Crippen LogP contribution in [0.1, 0.15) is 18.1 Å². The summed E-state index contributed by atoms with van der Waals surface area (Å²) >= 11 is 0. The molecular weight excluding hydrogens is 167 g/mol. The first kappa shape index (κ1) is 9.65. The van der Waals surface area contributed by atoms with Gasteiger partial charge in [0.1, 0.15) is 5.82 Å². The summed E-state index contributed by atoms with van der Waals surface area (Å²) in [5.74, 6) is -0.377. The molecule has 0 saturated carbocycles. The number of aryl methyl sites for hydroxylation is 1. The van der Waals surface area contributed by atoms with Gasteiger partial charge in [-0.2, -0.15) is 0 Å². The molecule has 0 aromatic heterocycles. The number of hydrogen-bond donors (Lipinski definition) is 0. The number of carbonyl (C=O) groups is 1. The predicted molar refractivity (Wildman–Crippen MR) is 50.9 cm³/mol. The van der Waals surface area contributed by atoms with Gasteiger partial charge in [0.15, 0.2) is 5.78 Å². The Bertz CT molecular complexity index is 353. The molecule has 1 aromatic carbocycles. The van der Waals surface area contributed by atoms with Crippen molar-refractivity contribution in [1.82, 2.24) is 0 Å². The summed E-state index contributed by atoms with van der Waals surface area (Å²) in [7, 11) is 0. The summed E-state index contributed by atoms with van der Waals surface area (Å²) in [4.78, 5) is 10.6. The molecule has 0 aliphatic heterocycles. The lowest BCUT2D eigenvalue weighted by Gasteiger charge is -1.97. The van der Waals surface area contributed by atoms with Crippen molar-refractivity contribution in [3.05, 3.63) is 41.2 Å². The Balaban J connectivity index is 2.96. The van der Waals surface area contributed by atoms with Gasteiger partial charge in [-0.25, -0.2) is 4.39 Å². The molecule has 1 rings (SSSR count). The van der Waals surface area contributed by atoms with Crippen molar-refractivity contribution >= 4 is 11.9 Å². The summed E-state index contributed by atoms with van der Waals surface area (Å²) in [5, 5.41) is 0. The van der Waals surface area contributed by atoms with Crippen molar-refractivity contribution < 1.29 is 9.18 Å². The third kappa shape index (κ3) is 2.82. The summed E-state index contributed by atoms with van der Waals surface area (Å²) in [5.41, 5.74) is 1.32. The van der Waals surface area contributed by atoms with Gasteiger partial charge < -0.3 is 0 Å². The molecule has 0 heterocycles. The monoisotopic (exact) mass is 178 g/mol. The molecule has 0 bridgehead atoms. The van der Waals surface area contributed by atoms with Crippen molar-refractivity contribution in [1.29, 1.82) is 0 Å². The third-order valence-electron chi connectivity index (χ3n) is 1.65. The lowest BCUT2D eigenvalue weighted by Crippen LogP contribution is -1.85. The molecule has 0 atom stereocenters. The van der Waals surface area contributed by atoms with E-state index in [4.69, 9.17) is 0 Å². The van der Waals surface area contributed by atoms with Crippen LogP contribution in [-0.4, -0.2) is 5.78 Å². The first-order valence-corrected chi connectivity index (χ1v) is 4.04. The fraction of sp³-hybridized carbons (Fsp3) is 0.182. The fourth-order valence-corrected chi connectivity index (χ4v) is 0.974. The molecule has 0 aliphatic rings. The summed E-state index contributed by atoms with van der Waals surface area (Å²) in [6, 6.07) is 4.91. The Hall–Kier alpha value is -1.44. The van der Waals surface area contributed by atoms with E-state index >= 15 is 0 Å². The van der Waals surface area contributed by atoms with E-state index in [1.54, 1.807) is 6.07 Å². The molecule has 0 radical (unpaired) electrons. The van der Waals surface area contributed by atoms with E-state index in [2.05, 4.69) is 0 Å². The van der Waals surface area contributed by atoms with E-state index < -0.39 is 0 Å². The largest absolute Gasteiger partial charge is 0.295 e. The van der Waals surface area contributed by atoms with E-state index in [9.17, 15) is 9.18 Å². The van der Waals surface area contributed by atoms with Gasteiger partial charge >= 0.3 is 0 Å². The quantitative estimate of drug-likeness (QED) is 0.636. The molecule has 0 amide bonds. The number of halogens is 1. The number of benzene rings is 1. The van der Waals surface area contributed by atoms with Crippen molar-refractivity contribution in [2.45, 2.75) is 13.8 Å².